The SMILES string of the molecule is CCC(N)C(Sc1ccc(F)c(F)c1)c1cc(Br)cs1. The maximum absolute atomic E-state index is 13.3. The average Bonchev–Trinajstić information content (AvgIpc) is 2.85. The second-order valence-corrected chi connectivity index (χ2v) is 7.43. The molecule has 20 heavy (non-hydrogen) atoms. The Morgan fingerprint density at radius 1 is 1.30 bits per heavy atom. The van der Waals surface area contributed by atoms with Crippen molar-refractivity contribution in [2.75, 3.05) is 0 Å². The molecule has 0 fully saturated rings. The molecule has 1 heterocycles. The predicted molar refractivity (Wildman–Crippen MR) is 85.2 cm³/mol. The molecule has 0 aliphatic carbocycles. The topological polar surface area (TPSA) is 26.0 Å². The summed E-state index contributed by atoms with van der Waals surface area (Å²) in [6, 6.07) is 5.94. The second-order valence-electron chi connectivity index (χ2n) is 4.35. The summed E-state index contributed by atoms with van der Waals surface area (Å²) in [5.41, 5.74) is 6.18. The van der Waals surface area contributed by atoms with Gasteiger partial charge in [-0.15, -0.1) is 23.1 Å². The van der Waals surface area contributed by atoms with Gasteiger partial charge >= 0.3 is 0 Å². The molecule has 2 rings (SSSR count). The van der Waals surface area contributed by atoms with Crippen LogP contribution in [-0.4, -0.2) is 6.04 Å². The Hall–Kier alpha value is -0.430. The third-order valence-electron chi connectivity index (χ3n) is 2.88. The van der Waals surface area contributed by atoms with Crippen LogP contribution in [0.3, 0.4) is 0 Å². The smallest absolute Gasteiger partial charge is 0.159 e. The van der Waals surface area contributed by atoms with Crippen molar-refractivity contribution in [2.45, 2.75) is 29.5 Å². The predicted octanol–water partition coefficient (Wildman–Crippen LogP) is 5.36. The molecule has 2 N–H and O–H groups in total. The van der Waals surface area contributed by atoms with Gasteiger partial charge in [0.1, 0.15) is 0 Å². The van der Waals surface area contributed by atoms with Crippen LogP contribution in [-0.2, 0) is 0 Å². The summed E-state index contributed by atoms with van der Waals surface area (Å²) >= 11 is 6.51. The fourth-order valence-electron chi connectivity index (χ4n) is 1.74. The van der Waals surface area contributed by atoms with E-state index in [1.54, 1.807) is 17.4 Å². The number of benzene rings is 1. The number of thioether (sulfide) groups is 1. The molecule has 0 aliphatic heterocycles. The highest BCUT2D eigenvalue weighted by Crippen LogP contribution is 2.41. The van der Waals surface area contributed by atoms with Gasteiger partial charge in [0, 0.05) is 25.7 Å². The van der Waals surface area contributed by atoms with E-state index in [9.17, 15) is 8.78 Å². The van der Waals surface area contributed by atoms with Gasteiger partial charge in [-0.3, -0.25) is 0 Å². The quantitative estimate of drug-likeness (QED) is 0.709. The zero-order valence-electron chi connectivity index (χ0n) is 10.8. The maximum atomic E-state index is 13.3. The van der Waals surface area contributed by atoms with Gasteiger partial charge in [0.15, 0.2) is 11.6 Å². The molecule has 0 saturated heterocycles. The normalized spacial score (nSPS) is 14.2. The zero-order chi connectivity index (χ0) is 14.7. The summed E-state index contributed by atoms with van der Waals surface area (Å²) in [6.45, 7) is 2.02. The van der Waals surface area contributed by atoms with Gasteiger partial charge in [0.05, 0.1) is 5.25 Å². The molecule has 2 aromatic rings. The van der Waals surface area contributed by atoms with Crippen molar-refractivity contribution >= 4 is 39.0 Å². The van der Waals surface area contributed by atoms with Crippen molar-refractivity contribution in [3.05, 3.63) is 50.6 Å². The molecule has 0 saturated carbocycles. The van der Waals surface area contributed by atoms with Gasteiger partial charge < -0.3 is 5.73 Å². The molecule has 1 aromatic carbocycles. The standard InChI is InChI=1S/C14H14BrF2NS2/c1-2-12(18)14(13-5-8(15)7-19-13)20-9-3-4-10(16)11(17)6-9/h3-7,12,14H,2,18H2,1H3. The first-order valence-corrected chi connectivity index (χ1v) is 8.67. The summed E-state index contributed by atoms with van der Waals surface area (Å²) in [4.78, 5) is 1.81. The fourth-order valence-corrected chi connectivity index (χ4v) is 4.72. The molecule has 2 unspecified atom stereocenters. The summed E-state index contributed by atoms with van der Waals surface area (Å²) in [6.07, 6.45) is 0.816. The molecule has 1 nitrogen and oxygen atoms in total. The number of hydrogen-bond donors (Lipinski definition) is 1. The number of thiophene rings is 1. The second kappa shape index (κ2) is 7.02. The molecule has 0 spiro atoms. The number of halogens is 3. The van der Waals surface area contributed by atoms with Gasteiger partial charge in [-0.2, -0.15) is 0 Å². The molecule has 0 radical (unpaired) electrons. The van der Waals surface area contributed by atoms with Crippen molar-refractivity contribution in [2.24, 2.45) is 5.73 Å². The van der Waals surface area contributed by atoms with E-state index in [1.807, 2.05) is 18.4 Å². The first-order valence-electron chi connectivity index (χ1n) is 6.12. The summed E-state index contributed by atoms with van der Waals surface area (Å²) in [5, 5.41) is 2.03. The molecule has 0 amide bonds. The Labute approximate surface area is 133 Å². The minimum absolute atomic E-state index is 0.0289. The van der Waals surface area contributed by atoms with Gasteiger partial charge in [0.2, 0.25) is 0 Å². The fraction of sp³-hybridized carbons (Fsp3) is 0.286. The highest BCUT2D eigenvalue weighted by molar-refractivity contribution is 9.10. The minimum atomic E-state index is -0.829. The van der Waals surface area contributed by atoms with Crippen molar-refractivity contribution in [3.63, 3.8) is 0 Å². The number of nitrogens with two attached hydrogens (primary N) is 1. The third kappa shape index (κ3) is 3.81. The van der Waals surface area contributed by atoms with Crippen LogP contribution in [0.5, 0.6) is 0 Å². The summed E-state index contributed by atoms with van der Waals surface area (Å²) in [5.74, 6) is -1.66. The molecule has 108 valence electrons. The van der Waals surface area contributed by atoms with Crippen molar-refractivity contribution < 1.29 is 8.78 Å². The van der Waals surface area contributed by atoms with Crippen LogP contribution < -0.4 is 5.73 Å². The Morgan fingerprint density at radius 2 is 2.05 bits per heavy atom. The lowest BCUT2D eigenvalue weighted by Gasteiger charge is -2.21. The monoisotopic (exact) mass is 377 g/mol. The largest absolute Gasteiger partial charge is 0.326 e. The Morgan fingerprint density at radius 3 is 2.60 bits per heavy atom. The average molecular weight is 378 g/mol. The lowest BCUT2D eigenvalue weighted by molar-refractivity contribution is 0.506. The van der Waals surface area contributed by atoms with Crippen LogP contribution in [0, 0.1) is 11.6 Å². The van der Waals surface area contributed by atoms with E-state index < -0.39 is 11.6 Å². The van der Waals surface area contributed by atoms with Crippen molar-refractivity contribution in [1.82, 2.24) is 0 Å². The van der Waals surface area contributed by atoms with E-state index in [1.165, 1.54) is 17.8 Å². The van der Waals surface area contributed by atoms with Crippen LogP contribution >= 0.6 is 39.0 Å². The minimum Gasteiger partial charge on any atom is -0.326 e. The number of hydrogen-bond acceptors (Lipinski definition) is 3. The molecular weight excluding hydrogens is 364 g/mol. The molecular formula is C14H14BrF2NS2. The van der Waals surface area contributed by atoms with Gasteiger partial charge in [-0.25, -0.2) is 8.78 Å². The third-order valence-corrected chi connectivity index (χ3v) is 6.19. The zero-order valence-corrected chi connectivity index (χ0v) is 14.0. The molecule has 0 aliphatic rings. The number of rotatable bonds is 5. The van der Waals surface area contributed by atoms with Gasteiger partial charge in [-0.1, -0.05) is 6.92 Å². The Balaban J connectivity index is 2.25. The van der Waals surface area contributed by atoms with Gasteiger partial charge in [0.25, 0.3) is 0 Å². The van der Waals surface area contributed by atoms with E-state index in [2.05, 4.69) is 15.9 Å². The summed E-state index contributed by atoms with van der Waals surface area (Å²) < 4.78 is 27.3. The van der Waals surface area contributed by atoms with E-state index in [-0.39, 0.29) is 11.3 Å². The first kappa shape index (κ1) is 15.9. The lowest BCUT2D eigenvalue weighted by atomic mass is 10.1. The van der Waals surface area contributed by atoms with E-state index in [0.717, 1.165) is 21.8 Å². The van der Waals surface area contributed by atoms with Crippen LogP contribution in [0.2, 0.25) is 0 Å². The highest BCUT2D eigenvalue weighted by Gasteiger charge is 2.22. The van der Waals surface area contributed by atoms with E-state index in [4.69, 9.17) is 5.73 Å². The molecule has 0 bridgehead atoms. The van der Waals surface area contributed by atoms with Crippen molar-refractivity contribution in [3.8, 4) is 0 Å². The maximum Gasteiger partial charge on any atom is 0.159 e. The molecule has 2 atom stereocenters. The van der Waals surface area contributed by atoms with Crippen LogP contribution in [0.4, 0.5) is 8.78 Å². The highest BCUT2D eigenvalue weighted by atomic mass is 79.9. The van der Waals surface area contributed by atoms with Gasteiger partial charge in [-0.05, 0) is 46.6 Å². The molecule has 1 aromatic heterocycles. The Bertz CT molecular complexity index is 588. The first-order chi connectivity index (χ1) is 9.51. The Kier molecular flexibility index (Phi) is 5.60. The van der Waals surface area contributed by atoms with E-state index >= 15 is 0 Å². The van der Waals surface area contributed by atoms with Crippen LogP contribution in [0.1, 0.15) is 23.5 Å². The van der Waals surface area contributed by atoms with E-state index in [0.29, 0.717) is 4.90 Å². The summed E-state index contributed by atoms with van der Waals surface area (Å²) in [7, 11) is 0. The lowest BCUT2D eigenvalue weighted by Crippen LogP contribution is -2.25. The van der Waals surface area contributed by atoms with Crippen molar-refractivity contribution in [1.29, 1.82) is 0 Å². The molecule has 6 heteroatoms. The van der Waals surface area contributed by atoms with Crippen LogP contribution in [0.15, 0.2) is 39.0 Å². The van der Waals surface area contributed by atoms with Crippen LogP contribution in [0.25, 0.3) is 0 Å².